The van der Waals surface area contributed by atoms with Crippen molar-refractivity contribution >= 4 is 40.8 Å². The molecule has 1 aromatic rings. The van der Waals surface area contributed by atoms with Crippen LogP contribution < -0.4 is 20.9 Å². The third-order valence-corrected chi connectivity index (χ3v) is 6.22. The van der Waals surface area contributed by atoms with Gasteiger partial charge in [-0.15, -0.1) is 0 Å². The van der Waals surface area contributed by atoms with Gasteiger partial charge in [-0.05, 0) is 25.1 Å². The summed E-state index contributed by atoms with van der Waals surface area (Å²) >= 11 is 6.41. The van der Waals surface area contributed by atoms with Crippen molar-refractivity contribution < 1.29 is 9.59 Å². The fraction of sp³-hybridized carbons (Fsp3) is 0.318. The van der Waals surface area contributed by atoms with Gasteiger partial charge in [0.25, 0.3) is 5.91 Å². The second-order valence-electron chi connectivity index (χ2n) is 8.07. The predicted octanol–water partition coefficient (Wildman–Crippen LogP) is 0.672. The Bertz CT molecular complexity index is 1160. The number of amides is 2. The molecule has 0 saturated heterocycles. The number of halogens is 1. The minimum absolute atomic E-state index is 0.146. The Morgan fingerprint density at radius 3 is 2.94 bits per heavy atom. The van der Waals surface area contributed by atoms with Crippen LogP contribution in [-0.2, 0) is 9.59 Å². The molecule has 0 fully saturated rings. The maximum Gasteiger partial charge on any atom is 0.262 e. The Hall–Kier alpha value is -3.66. The molecule has 1 aliphatic carbocycles. The number of hydrogen-bond donors (Lipinski definition) is 3. The molecule has 0 bridgehead atoms. The van der Waals surface area contributed by atoms with Gasteiger partial charge in [-0.1, -0.05) is 23.8 Å². The number of likely N-dealkylation sites (N-methyl/N-ethyl adjacent to an activating group) is 1. The third kappa shape index (κ3) is 3.66. The van der Waals surface area contributed by atoms with Crippen LogP contribution in [0.1, 0.15) is 6.92 Å². The Labute approximate surface area is 195 Å². The number of aromatic nitrogens is 1. The number of pyridine rings is 1. The quantitative estimate of drug-likeness (QED) is 0.601. The van der Waals surface area contributed by atoms with Gasteiger partial charge in [-0.2, -0.15) is 0 Å². The molecule has 3 aliphatic heterocycles. The lowest BCUT2D eigenvalue weighted by molar-refractivity contribution is -0.125. The molecule has 4 heterocycles. The molecule has 0 radical (unpaired) electrons. The maximum atomic E-state index is 13.6. The summed E-state index contributed by atoms with van der Waals surface area (Å²) in [6.45, 7) is 2.61. The van der Waals surface area contributed by atoms with Crippen LogP contribution in [-0.4, -0.2) is 65.8 Å². The summed E-state index contributed by atoms with van der Waals surface area (Å²) in [4.78, 5) is 43.0. The molecule has 0 saturated carbocycles. The highest BCUT2D eigenvalue weighted by atomic mass is 35.5. The molecule has 11 heteroatoms. The van der Waals surface area contributed by atoms with Crippen LogP contribution in [0.2, 0.25) is 0 Å². The molecule has 170 valence electrons. The van der Waals surface area contributed by atoms with E-state index in [1.807, 2.05) is 19.1 Å². The first-order valence-corrected chi connectivity index (χ1v) is 11.0. The number of rotatable bonds is 4. The first kappa shape index (κ1) is 21.2. The molecule has 0 aromatic carbocycles. The highest BCUT2D eigenvalue weighted by molar-refractivity contribution is 6.34. The number of allylic oxidation sites excluding steroid dienone is 2. The highest BCUT2D eigenvalue weighted by Crippen LogP contribution is 2.34. The normalized spacial score (nSPS) is 25.2. The average Bonchev–Trinajstić information content (AvgIpc) is 2.82. The number of fused-ring (bicyclic) bond motifs is 2. The van der Waals surface area contributed by atoms with Crippen LogP contribution in [0.25, 0.3) is 0 Å². The van der Waals surface area contributed by atoms with Crippen LogP contribution in [0.3, 0.4) is 0 Å². The SMILES string of the molecule is CC(NC1=C2C(=O)N(C)CN=C2NCN1)C1=NC2C=CC=C(Cl)C2C(=O)N1c1cccnc1. The number of anilines is 1. The predicted molar refractivity (Wildman–Crippen MR) is 125 cm³/mol. The van der Waals surface area contributed by atoms with Gasteiger partial charge in [-0.3, -0.25) is 24.5 Å². The van der Waals surface area contributed by atoms with Crippen LogP contribution in [0.5, 0.6) is 0 Å². The van der Waals surface area contributed by atoms with E-state index in [2.05, 4.69) is 25.9 Å². The summed E-state index contributed by atoms with van der Waals surface area (Å²) in [5.41, 5.74) is 1.03. The van der Waals surface area contributed by atoms with Crippen molar-refractivity contribution in [1.29, 1.82) is 0 Å². The number of nitrogens with one attached hydrogen (secondary N) is 3. The molecular weight excluding hydrogens is 444 g/mol. The van der Waals surface area contributed by atoms with Gasteiger partial charge in [0.2, 0.25) is 5.91 Å². The van der Waals surface area contributed by atoms with E-state index in [1.165, 1.54) is 4.90 Å². The second kappa shape index (κ2) is 8.36. The van der Waals surface area contributed by atoms with E-state index in [0.717, 1.165) is 0 Å². The fourth-order valence-corrected chi connectivity index (χ4v) is 4.52. The molecule has 33 heavy (non-hydrogen) atoms. The van der Waals surface area contributed by atoms with Gasteiger partial charge in [0.15, 0.2) is 0 Å². The Morgan fingerprint density at radius 1 is 1.30 bits per heavy atom. The van der Waals surface area contributed by atoms with Crippen LogP contribution in [0.4, 0.5) is 5.69 Å². The molecule has 3 unspecified atom stereocenters. The summed E-state index contributed by atoms with van der Waals surface area (Å²) < 4.78 is 0. The minimum atomic E-state index is -0.584. The van der Waals surface area contributed by atoms with Crippen molar-refractivity contribution in [1.82, 2.24) is 25.8 Å². The smallest absolute Gasteiger partial charge is 0.262 e. The Balaban J connectivity index is 1.54. The number of carbonyl (C=O) groups excluding carboxylic acids is 2. The van der Waals surface area contributed by atoms with E-state index in [9.17, 15) is 9.59 Å². The van der Waals surface area contributed by atoms with Gasteiger partial charge in [-0.25, -0.2) is 4.99 Å². The third-order valence-electron chi connectivity index (χ3n) is 5.86. The summed E-state index contributed by atoms with van der Waals surface area (Å²) in [5, 5.41) is 10.1. The van der Waals surface area contributed by atoms with Crippen LogP contribution in [0, 0.1) is 5.92 Å². The van der Waals surface area contributed by atoms with Gasteiger partial charge in [0.1, 0.15) is 35.7 Å². The maximum absolute atomic E-state index is 13.6. The summed E-state index contributed by atoms with van der Waals surface area (Å²) in [7, 11) is 1.70. The molecule has 10 nitrogen and oxygen atoms in total. The topological polar surface area (TPSA) is 114 Å². The monoisotopic (exact) mass is 466 g/mol. The van der Waals surface area contributed by atoms with E-state index >= 15 is 0 Å². The Morgan fingerprint density at radius 2 is 2.15 bits per heavy atom. The molecule has 3 N–H and O–H groups in total. The molecule has 4 aliphatic rings. The minimum Gasteiger partial charge on any atom is -0.361 e. The summed E-state index contributed by atoms with van der Waals surface area (Å²) in [6.07, 6.45) is 8.67. The number of amidine groups is 2. The van der Waals surface area contributed by atoms with E-state index in [0.29, 0.717) is 47.1 Å². The van der Waals surface area contributed by atoms with Gasteiger partial charge < -0.3 is 20.9 Å². The largest absolute Gasteiger partial charge is 0.361 e. The van der Waals surface area contributed by atoms with E-state index in [1.54, 1.807) is 42.6 Å². The summed E-state index contributed by atoms with van der Waals surface area (Å²) in [6, 6.07) is 2.74. The molecule has 3 atom stereocenters. The summed E-state index contributed by atoms with van der Waals surface area (Å²) in [5.74, 6) is 0.686. The standard InChI is InChI=1S/C22H23ClN8O2/c1-12(28-19-17-18(25-10-26-19)27-11-30(2)21(17)32)20-29-15-7-3-6-14(23)16(15)22(33)31(20)13-5-4-8-24-9-13/h3-9,12,15-16,26,28H,10-11H2,1-2H3,(H,25,27). The van der Waals surface area contributed by atoms with Gasteiger partial charge in [0.05, 0.1) is 30.6 Å². The molecule has 2 amide bonds. The molecule has 5 rings (SSSR count). The number of aliphatic imine (C=N–C) groups is 2. The zero-order chi connectivity index (χ0) is 23.1. The lowest BCUT2D eigenvalue weighted by Crippen LogP contribution is -2.58. The van der Waals surface area contributed by atoms with Crippen molar-refractivity contribution in [2.45, 2.75) is 19.0 Å². The first-order valence-electron chi connectivity index (χ1n) is 10.6. The van der Waals surface area contributed by atoms with Crippen molar-refractivity contribution in [3.05, 3.63) is 59.2 Å². The van der Waals surface area contributed by atoms with Crippen molar-refractivity contribution in [2.24, 2.45) is 15.9 Å². The molecule has 0 spiro atoms. The molecular formula is C22H23ClN8O2. The fourth-order valence-electron chi connectivity index (χ4n) is 4.23. The highest BCUT2D eigenvalue weighted by Gasteiger charge is 2.43. The van der Waals surface area contributed by atoms with E-state index in [4.69, 9.17) is 16.6 Å². The number of hydrogen-bond acceptors (Lipinski definition) is 8. The zero-order valence-corrected chi connectivity index (χ0v) is 18.9. The van der Waals surface area contributed by atoms with E-state index in [-0.39, 0.29) is 11.8 Å². The lowest BCUT2D eigenvalue weighted by atomic mass is 9.91. The average molecular weight is 467 g/mol. The first-order chi connectivity index (χ1) is 16.0. The van der Waals surface area contributed by atoms with Crippen molar-refractivity contribution in [3.8, 4) is 0 Å². The Kier molecular flexibility index (Phi) is 5.37. The lowest BCUT2D eigenvalue weighted by Gasteiger charge is -2.39. The van der Waals surface area contributed by atoms with Gasteiger partial charge >= 0.3 is 0 Å². The van der Waals surface area contributed by atoms with Gasteiger partial charge in [0, 0.05) is 18.3 Å². The van der Waals surface area contributed by atoms with E-state index < -0.39 is 18.0 Å². The van der Waals surface area contributed by atoms with Crippen molar-refractivity contribution in [2.75, 3.05) is 25.3 Å². The van der Waals surface area contributed by atoms with Crippen molar-refractivity contribution in [3.63, 3.8) is 0 Å². The zero-order valence-electron chi connectivity index (χ0n) is 18.1. The van der Waals surface area contributed by atoms with Crippen LogP contribution in [0.15, 0.2) is 69.2 Å². The number of carbonyl (C=O) groups is 2. The molecule has 1 aromatic heterocycles. The second-order valence-corrected chi connectivity index (χ2v) is 8.51. The number of nitrogens with zero attached hydrogens (tertiary/aromatic N) is 5. The van der Waals surface area contributed by atoms with Crippen LogP contribution >= 0.6 is 11.6 Å².